The molecule has 108 valence electrons. The van der Waals surface area contributed by atoms with E-state index in [1.54, 1.807) is 0 Å². The molecule has 0 radical (unpaired) electrons. The molecule has 1 N–H and O–H groups in total. The van der Waals surface area contributed by atoms with E-state index in [2.05, 4.69) is 44.9 Å². The zero-order valence-electron chi connectivity index (χ0n) is 12.2. The average Bonchev–Trinajstić information content (AvgIpc) is 2.93. The van der Waals surface area contributed by atoms with Crippen LogP contribution in [-0.4, -0.2) is 35.1 Å². The smallest absolute Gasteiger partial charge is 0.0738 e. The van der Waals surface area contributed by atoms with Gasteiger partial charge in [0.2, 0.25) is 0 Å². The van der Waals surface area contributed by atoms with Crippen LogP contribution in [0.4, 0.5) is 0 Å². The van der Waals surface area contributed by atoms with E-state index < -0.39 is 0 Å². The molecule has 1 aromatic rings. The number of nitrogens with one attached hydrogen (secondary N) is 1. The topological polar surface area (TPSA) is 39.1 Å². The molecule has 1 aliphatic heterocycles. The van der Waals surface area contributed by atoms with Crippen LogP contribution in [0, 0.1) is 6.92 Å². The fourth-order valence-corrected chi connectivity index (χ4v) is 3.27. The quantitative estimate of drug-likeness (QED) is 0.902. The first-order valence-electron chi connectivity index (χ1n) is 7.11. The maximum absolute atomic E-state index is 6.00. The number of aromatic nitrogens is 2. The van der Waals surface area contributed by atoms with Crippen LogP contribution in [0.15, 0.2) is 4.47 Å². The summed E-state index contributed by atoms with van der Waals surface area (Å²) in [6.45, 7) is 7.23. The Kier molecular flexibility index (Phi) is 5.03. The molecule has 3 atom stereocenters. The first-order valence-corrected chi connectivity index (χ1v) is 7.90. The maximum Gasteiger partial charge on any atom is 0.0738 e. The van der Waals surface area contributed by atoms with Gasteiger partial charge in [-0.3, -0.25) is 4.68 Å². The van der Waals surface area contributed by atoms with Gasteiger partial charge >= 0.3 is 0 Å². The van der Waals surface area contributed by atoms with Gasteiger partial charge in [0.25, 0.3) is 0 Å². The predicted molar refractivity (Wildman–Crippen MR) is 80.5 cm³/mol. The fourth-order valence-electron chi connectivity index (χ4n) is 2.82. The highest BCUT2D eigenvalue weighted by molar-refractivity contribution is 9.10. The van der Waals surface area contributed by atoms with Crippen LogP contribution in [0.5, 0.6) is 0 Å². The van der Waals surface area contributed by atoms with Crippen LogP contribution in [0.3, 0.4) is 0 Å². The molecule has 0 aliphatic carbocycles. The van der Waals surface area contributed by atoms with Gasteiger partial charge in [0.05, 0.1) is 28.1 Å². The number of aryl methyl sites for hydroxylation is 2. The van der Waals surface area contributed by atoms with Crippen molar-refractivity contribution in [3.63, 3.8) is 0 Å². The minimum absolute atomic E-state index is 0.312. The van der Waals surface area contributed by atoms with Gasteiger partial charge in [-0.05, 0) is 56.6 Å². The zero-order chi connectivity index (χ0) is 14.0. The predicted octanol–water partition coefficient (Wildman–Crippen LogP) is 2.67. The number of hydrogen-bond acceptors (Lipinski definition) is 3. The Bertz CT molecular complexity index is 433. The highest BCUT2D eigenvalue weighted by atomic mass is 79.9. The van der Waals surface area contributed by atoms with E-state index in [0.29, 0.717) is 18.2 Å². The van der Waals surface area contributed by atoms with E-state index in [1.807, 2.05) is 14.0 Å². The second-order valence-electron chi connectivity index (χ2n) is 5.32. The van der Waals surface area contributed by atoms with E-state index in [4.69, 9.17) is 4.74 Å². The molecular formula is C14H24BrN3O. The second kappa shape index (κ2) is 6.37. The number of hydrogen-bond donors (Lipinski definition) is 1. The molecule has 0 amide bonds. The molecule has 1 aliphatic rings. The Labute approximate surface area is 124 Å². The Morgan fingerprint density at radius 1 is 1.53 bits per heavy atom. The summed E-state index contributed by atoms with van der Waals surface area (Å²) >= 11 is 3.67. The molecule has 2 rings (SSSR count). The van der Waals surface area contributed by atoms with Crippen molar-refractivity contribution in [2.24, 2.45) is 0 Å². The first-order chi connectivity index (χ1) is 9.06. The maximum atomic E-state index is 6.00. The Hall–Kier alpha value is -0.390. The third-order valence-corrected chi connectivity index (χ3v) is 4.98. The van der Waals surface area contributed by atoms with Crippen LogP contribution in [0.25, 0.3) is 0 Å². The van der Waals surface area contributed by atoms with Gasteiger partial charge in [-0.1, -0.05) is 0 Å². The van der Waals surface area contributed by atoms with E-state index >= 15 is 0 Å². The molecule has 1 saturated heterocycles. The van der Waals surface area contributed by atoms with Crippen LogP contribution >= 0.6 is 15.9 Å². The molecule has 19 heavy (non-hydrogen) atoms. The highest BCUT2D eigenvalue weighted by Gasteiger charge is 2.30. The number of rotatable bonds is 5. The summed E-state index contributed by atoms with van der Waals surface area (Å²) in [4.78, 5) is 0. The molecule has 1 fully saturated rings. The van der Waals surface area contributed by atoms with E-state index in [-0.39, 0.29) is 0 Å². The van der Waals surface area contributed by atoms with Crippen LogP contribution in [-0.2, 0) is 17.7 Å². The molecule has 4 nitrogen and oxygen atoms in total. The summed E-state index contributed by atoms with van der Waals surface area (Å²) in [7, 11) is 2.02. The summed E-state index contributed by atoms with van der Waals surface area (Å²) < 4.78 is 9.22. The summed E-state index contributed by atoms with van der Waals surface area (Å²) in [5.74, 6) is 0. The van der Waals surface area contributed by atoms with Crippen molar-refractivity contribution >= 4 is 15.9 Å². The average molecular weight is 330 g/mol. The normalized spacial score (nSPS) is 24.9. The lowest BCUT2D eigenvalue weighted by molar-refractivity contribution is 0.0333. The molecule has 0 bridgehead atoms. The van der Waals surface area contributed by atoms with Gasteiger partial charge in [-0.15, -0.1) is 0 Å². The fraction of sp³-hybridized carbons (Fsp3) is 0.786. The van der Waals surface area contributed by atoms with Gasteiger partial charge in [0.15, 0.2) is 0 Å². The number of nitrogens with zero attached hydrogens (tertiary/aromatic N) is 2. The monoisotopic (exact) mass is 329 g/mol. The third kappa shape index (κ3) is 3.20. The molecule has 1 aromatic heterocycles. The minimum atomic E-state index is 0.312. The second-order valence-corrected chi connectivity index (χ2v) is 6.12. The Morgan fingerprint density at radius 2 is 2.26 bits per heavy atom. The lowest BCUT2D eigenvalue weighted by Gasteiger charge is -2.23. The van der Waals surface area contributed by atoms with Crippen molar-refractivity contribution in [1.29, 1.82) is 0 Å². The van der Waals surface area contributed by atoms with Gasteiger partial charge < -0.3 is 10.1 Å². The summed E-state index contributed by atoms with van der Waals surface area (Å²) in [5, 5.41) is 7.97. The van der Waals surface area contributed by atoms with E-state index in [0.717, 1.165) is 36.0 Å². The van der Waals surface area contributed by atoms with Gasteiger partial charge in [0.1, 0.15) is 0 Å². The van der Waals surface area contributed by atoms with Gasteiger partial charge in [-0.25, -0.2) is 0 Å². The van der Waals surface area contributed by atoms with Gasteiger partial charge in [-0.2, -0.15) is 5.10 Å². The highest BCUT2D eigenvalue weighted by Crippen LogP contribution is 2.27. The largest absolute Gasteiger partial charge is 0.374 e. The molecule has 2 heterocycles. The lowest BCUT2D eigenvalue weighted by Crippen LogP contribution is -2.40. The third-order valence-electron chi connectivity index (χ3n) is 3.95. The zero-order valence-corrected chi connectivity index (χ0v) is 13.8. The van der Waals surface area contributed by atoms with Crippen molar-refractivity contribution in [2.75, 3.05) is 7.05 Å². The molecule has 0 aromatic carbocycles. The van der Waals surface area contributed by atoms with Gasteiger partial charge in [0, 0.05) is 19.0 Å². The molecule has 0 spiro atoms. The van der Waals surface area contributed by atoms with E-state index in [1.165, 1.54) is 5.69 Å². The van der Waals surface area contributed by atoms with Crippen LogP contribution < -0.4 is 5.32 Å². The SMILES string of the molecule is CCn1nc(C)c(Br)c1CC(NC)C1CCC(C)O1. The molecule has 5 heteroatoms. The van der Waals surface area contributed by atoms with Crippen LogP contribution in [0.1, 0.15) is 38.1 Å². The van der Waals surface area contributed by atoms with Crippen molar-refractivity contribution < 1.29 is 4.74 Å². The van der Waals surface area contributed by atoms with Crippen molar-refractivity contribution in [2.45, 2.75) is 64.8 Å². The summed E-state index contributed by atoms with van der Waals surface area (Å²) in [5.41, 5.74) is 2.33. The first kappa shape index (κ1) is 15.0. The summed E-state index contributed by atoms with van der Waals surface area (Å²) in [6, 6.07) is 0.350. The number of halogens is 1. The minimum Gasteiger partial charge on any atom is -0.374 e. The Balaban J connectivity index is 2.14. The van der Waals surface area contributed by atoms with Crippen LogP contribution in [0.2, 0.25) is 0 Å². The lowest BCUT2D eigenvalue weighted by atomic mass is 10.0. The molecule has 3 unspecified atom stereocenters. The number of likely N-dealkylation sites (N-methyl/N-ethyl adjacent to an activating group) is 1. The van der Waals surface area contributed by atoms with Crippen molar-refractivity contribution in [1.82, 2.24) is 15.1 Å². The summed E-state index contributed by atoms with van der Waals surface area (Å²) in [6.07, 6.45) is 3.96. The Morgan fingerprint density at radius 3 is 2.79 bits per heavy atom. The molecular weight excluding hydrogens is 306 g/mol. The molecule has 0 saturated carbocycles. The number of ether oxygens (including phenoxy) is 1. The standard InChI is InChI=1S/C14H24BrN3O/c1-5-18-12(14(15)10(3)17-18)8-11(16-4)13-7-6-9(2)19-13/h9,11,13,16H,5-8H2,1-4H3. The van der Waals surface area contributed by atoms with Crippen molar-refractivity contribution in [3.05, 3.63) is 15.9 Å². The van der Waals surface area contributed by atoms with E-state index in [9.17, 15) is 0 Å². The van der Waals surface area contributed by atoms with Crippen molar-refractivity contribution in [3.8, 4) is 0 Å².